The third-order valence-electron chi connectivity index (χ3n) is 8.99. The second-order valence-electron chi connectivity index (χ2n) is 14.0. The fourth-order valence-corrected chi connectivity index (χ4v) is 5.74. The zero-order valence-electron chi connectivity index (χ0n) is 31.3. The van der Waals surface area contributed by atoms with Crippen molar-refractivity contribution in [2.45, 2.75) is 219 Å². The van der Waals surface area contributed by atoms with Gasteiger partial charge in [-0.05, 0) is 12.8 Å². The molecule has 0 aromatic rings. The van der Waals surface area contributed by atoms with E-state index in [4.69, 9.17) is 0 Å². The Morgan fingerprint density at radius 1 is 0.295 bits per heavy atom. The first-order valence-corrected chi connectivity index (χ1v) is 19.8. The fraction of sp³-hybridized carbons (Fsp3) is 0.950. The first-order chi connectivity index (χ1) is 21.4. The van der Waals surface area contributed by atoms with Crippen molar-refractivity contribution < 1.29 is 9.59 Å². The minimum atomic E-state index is 0.273. The SMILES string of the molecule is CCCCCCCCCCCCCCCCCC(=O)N(C)C.CCCCCCCCCCCCCCCCCC(=O)N(C)C. The Morgan fingerprint density at radius 3 is 0.614 bits per heavy atom. The molecule has 0 fully saturated rings. The maximum Gasteiger partial charge on any atom is 0.222 e. The molecule has 0 unspecified atom stereocenters. The molecule has 0 aliphatic heterocycles. The van der Waals surface area contributed by atoms with Crippen molar-refractivity contribution in [2.24, 2.45) is 0 Å². The van der Waals surface area contributed by atoms with Gasteiger partial charge in [0.05, 0.1) is 0 Å². The van der Waals surface area contributed by atoms with Gasteiger partial charge in [-0.2, -0.15) is 0 Å². The zero-order valence-corrected chi connectivity index (χ0v) is 31.3. The molecular weight excluding hydrogens is 540 g/mol. The quantitative estimate of drug-likeness (QED) is 0.0700. The van der Waals surface area contributed by atoms with E-state index in [1.54, 1.807) is 9.80 Å². The molecule has 0 aromatic carbocycles. The van der Waals surface area contributed by atoms with Crippen LogP contribution in [0.15, 0.2) is 0 Å². The van der Waals surface area contributed by atoms with Crippen molar-refractivity contribution in [3.63, 3.8) is 0 Å². The lowest BCUT2D eigenvalue weighted by atomic mass is 10.0. The highest BCUT2D eigenvalue weighted by Gasteiger charge is 2.03. The Kier molecular flexibility index (Phi) is 39.0. The lowest BCUT2D eigenvalue weighted by Gasteiger charge is -2.09. The first-order valence-electron chi connectivity index (χ1n) is 19.8. The van der Waals surface area contributed by atoms with Crippen molar-refractivity contribution in [3.8, 4) is 0 Å². The normalized spacial score (nSPS) is 10.9. The minimum Gasteiger partial charge on any atom is -0.349 e. The molecule has 0 aliphatic rings. The molecular formula is C40H82N2O2. The van der Waals surface area contributed by atoms with Gasteiger partial charge >= 0.3 is 0 Å². The summed E-state index contributed by atoms with van der Waals surface area (Å²) in [5.74, 6) is 0.546. The van der Waals surface area contributed by atoms with Gasteiger partial charge in [0.25, 0.3) is 0 Å². The molecule has 264 valence electrons. The molecule has 0 radical (unpaired) electrons. The van der Waals surface area contributed by atoms with E-state index >= 15 is 0 Å². The number of unbranched alkanes of at least 4 members (excludes halogenated alkanes) is 28. The highest BCUT2D eigenvalue weighted by molar-refractivity contribution is 5.75. The van der Waals surface area contributed by atoms with E-state index in [1.807, 2.05) is 28.2 Å². The van der Waals surface area contributed by atoms with Crippen LogP contribution in [0.2, 0.25) is 0 Å². The van der Waals surface area contributed by atoms with Crippen LogP contribution in [-0.2, 0) is 9.59 Å². The van der Waals surface area contributed by atoms with E-state index in [0.717, 1.165) is 25.7 Å². The van der Waals surface area contributed by atoms with E-state index in [-0.39, 0.29) is 11.8 Å². The Hall–Kier alpha value is -1.06. The molecule has 0 rings (SSSR count). The first kappa shape index (κ1) is 45.1. The number of carbonyl (C=O) groups is 2. The molecule has 0 bridgehead atoms. The van der Waals surface area contributed by atoms with Crippen LogP contribution in [0.3, 0.4) is 0 Å². The molecule has 4 nitrogen and oxygen atoms in total. The standard InChI is InChI=1S/2C20H41NO/c2*1-4-5-6-7-8-9-10-11-12-13-14-15-16-17-18-19-20(22)21(2)3/h2*4-19H2,1-3H3. The van der Waals surface area contributed by atoms with Crippen molar-refractivity contribution in [2.75, 3.05) is 28.2 Å². The zero-order chi connectivity index (χ0) is 32.9. The fourth-order valence-electron chi connectivity index (χ4n) is 5.74. The molecule has 0 atom stereocenters. The molecule has 0 aliphatic carbocycles. The third kappa shape index (κ3) is 39.0. The smallest absolute Gasteiger partial charge is 0.222 e. The lowest BCUT2D eigenvalue weighted by Crippen LogP contribution is -2.20. The predicted molar refractivity (Wildman–Crippen MR) is 196 cm³/mol. The van der Waals surface area contributed by atoms with Gasteiger partial charge in [-0.25, -0.2) is 0 Å². The molecule has 0 heterocycles. The van der Waals surface area contributed by atoms with Crippen LogP contribution in [0.1, 0.15) is 219 Å². The van der Waals surface area contributed by atoms with E-state index in [2.05, 4.69) is 13.8 Å². The highest BCUT2D eigenvalue weighted by atomic mass is 16.2. The number of hydrogen-bond acceptors (Lipinski definition) is 2. The summed E-state index contributed by atoms with van der Waals surface area (Å²) < 4.78 is 0. The summed E-state index contributed by atoms with van der Waals surface area (Å²) in [7, 11) is 7.36. The van der Waals surface area contributed by atoms with Gasteiger partial charge in [0.2, 0.25) is 11.8 Å². The Morgan fingerprint density at radius 2 is 0.455 bits per heavy atom. The summed E-state index contributed by atoms with van der Waals surface area (Å²) in [6.45, 7) is 4.56. The van der Waals surface area contributed by atoms with Crippen LogP contribution in [0.5, 0.6) is 0 Å². The Balaban J connectivity index is 0. The molecule has 0 spiro atoms. The summed E-state index contributed by atoms with van der Waals surface area (Å²) in [6, 6.07) is 0. The summed E-state index contributed by atoms with van der Waals surface area (Å²) in [4.78, 5) is 26.2. The second kappa shape index (κ2) is 38.1. The topological polar surface area (TPSA) is 40.6 Å². The van der Waals surface area contributed by atoms with Crippen molar-refractivity contribution in [1.82, 2.24) is 9.80 Å². The summed E-state index contributed by atoms with van der Waals surface area (Å²) >= 11 is 0. The van der Waals surface area contributed by atoms with Gasteiger partial charge in [0, 0.05) is 41.0 Å². The summed E-state index contributed by atoms with van der Waals surface area (Å²) in [5, 5.41) is 0. The average Bonchev–Trinajstić information content (AvgIpc) is 3.01. The van der Waals surface area contributed by atoms with Crippen molar-refractivity contribution in [1.29, 1.82) is 0 Å². The van der Waals surface area contributed by atoms with E-state index in [9.17, 15) is 9.59 Å². The molecule has 0 N–H and O–H groups in total. The number of amides is 2. The molecule has 44 heavy (non-hydrogen) atoms. The van der Waals surface area contributed by atoms with Gasteiger partial charge in [-0.3, -0.25) is 9.59 Å². The van der Waals surface area contributed by atoms with E-state index < -0.39 is 0 Å². The largest absolute Gasteiger partial charge is 0.349 e. The van der Waals surface area contributed by atoms with Crippen LogP contribution in [0.4, 0.5) is 0 Å². The summed E-state index contributed by atoms with van der Waals surface area (Å²) in [6.07, 6.45) is 42.7. The number of rotatable bonds is 32. The number of hydrogen-bond donors (Lipinski definition) is 0. The number of nitrogens with zero attached hydrogens (tertiary/aromatic N) is 2. The maximum absolute atomic E-state index is 11.4. The average molecular weight is 623 g/mol. The van der Waals surface area contributed by atoms with Gasteiger partial charge in [-0.1, -0.05) is 194 Å². The van der Waals surface area contributed by atoms with Gasteiger partial charge < -0.3 is 9.80 Å². The predicted octanol–water partition coefficient (Wildman–Crippen LogP) is 12.7. The lowest BCUT2D eigenvalue weighted by molar-refractivity contribution is -0.129. The monoisotopic (exact) mass is 623 g/mol. The Labute approximate surface area is 278 Å². The third-order valence-corrected chi connectivity index (χ3v) is 8.99. The van der Waals surface area contributed by atoms with Gasteiger partial charge in [-0.15, -0.1) is 0 Å². The van der Waals surface area contributed by atoms with Gasteiger partial charge in [0.15, 0.2) is 0 Å². The maximum atomic E-state index is 11.4. The van der Waals surface area contributed by atoms with E-state index in [1.165, 1.54) is 180 Å². The highest BCUT2D eigenvalue weighted by Crippen LogP contribution is 2.15. The minimum absolute atomic E-state index is 0.273. The second-order valence-corrected chi connectivity index (χ2v) is 14.0. The van der Waals surface area contributed by atoms with Gasteiger partial charge in [0.1, 0.15) is 0 Å². The molecule has 4 heteroatoms. The Bertz CT molecular complexity index is 526. The molecule has 2 amide bonds. The molecule has 0 aromatic heterocycles. The van der Waals surface area contributed by atoms with Crippen LogP contribution < -0.4 is 0 Å². The van der Waals surface area contributed by atoms with Crippen LogP contribution >= 0.6 is 0 Å². The van der Waals surface area contributed by atoms with E-state index in [0.29, 0.717) is 0 Å². The number of carbonyl (C=O) groups excluding carboxylic acids is 2. The summed E-state index contributed by atoms with van der Waals surface area (Å²) in [5.41, 5.74) is 0. The van der Waals surface area contributed by atoms with Crippen LogP contribution in [0.25, 0.3) is 0 Å². The van der Waals surface area contributed by atoms with Crippen LogP contribution in [-0.4, -0.2) is 49.8 Å². The van der Waals surface area contributed by atoms with Crippen LogP contribution in [0, 0.1) is 0 Å². The van der Waals surface area contributed by atoms with Crippen molar-refractivity contribution in [3.05, 3.63) is 0 Å². The van der Waals surface area contributed by atoms with Crippen molar-refractivity contribution >= 4 is 11.8 Å². The molecule has 0 saturated heterocycles. The molecule has 0 saturated carbocycles.